The molecule has 0 aliphatic heterocycles. The van der Waals surface area contributed by atoms with Crippen molar-refractivity contribution in [2.75, 3.05) is 25.2 Å². The van der Waals surface area contributed by atoms with Gasteiger partial charge in [-0.3, -0.25) is 9.59 Å². The number of carbonyl (C=O) groups is 2. The predicted octanol–water partition coefficient (Wildman–Crippen LogP) is 2.26. The number of hydrogen-bond donors (Lipinski definition) is 2. The molecule has 28 heavy (non-hydrogen) atoms. The lowest BCUT2D eigenvalue weighted by molar-refractivity contribution is -0.117. The summed E-state index contributed by atoms with van der Waals surface area (Å²) in [5, 5.41) is 5.23. The van der Waals surface area contributed by atoms with Gasteiger partial charge in [0.05, 0.1) is 12.0 Å². The van der Waals surface area contributed by atoms with E-state index < -0.39 is 9.84 Å². The highest BCUT2D eigenvalue weighted by Gasteiger charge is 2.09. The third kappa shape index (κ3) is 6.88. The number of nitrogens with one attached hydrogen (secondary N) is 2. The lowest BCUT2D eigenvalue weighted by Crippen LogP contribution is -2.26. The number of ether oxygens (including phenoxy) is 1. The van der Waals surface area contributed by atoms with Crippen molar-refractivity contribution in [3.05, 3.63) is 60.2 Å². The van der Waals surface area contributed by atoms with E-state index in [1.165, 1.54) is 18.2 Å². The van der Waals surface area contributed by atoms with Crippen LogP contribution in [0.25, 0.3) is 6.08 Å². The minimum absolute atomic E-state index is 0.0607. The SMILES string of the molecule is COc1ccc(/C=C/C(=O)NCCC(=O)Nc2cccc(S(C)(=O)=O)c2)cc1. The van der Waals surface area contributed by atoms with Crippen LogP contribution in [0.4, 0.5) is 5.69 Å². The first kappa shape index (κ1) is 21.2. The topological polar surface area (TPSA) is 102 Å². The number of rotatable bonds is 8. The van der Waals surface area contributed by atoms with E-state index in [2.05, 4.69) is 10.6 Å². The number of methoxy groups -OCH3 is 1. The molecule has 8 heteroatoms. The fourth-order valence-corrected chi connectivity index (χ4v) is 2.94. The summed E-state index contributed by atoms with van der Waals surface area (Å²) in [5.41, 5.74) is 1.23. The first-order chi connectivity index (χ1) is 13.3. The summed E-state index contributed by atoms with van der Waals surface area (Å²) in [4.78, 5) is 23.9. The molecule has 0 spiro atoms. The van der Waals surface area contributed by atoms with Crippen LogP contribution in [0.1, 0.15) is 12.0 Å². The maximum atomic E-state index is 12.0. The van der Waals surface area contributed by atoms with Gasteiger partial charge < -0.3 is 15.4 Å². The van der Waals surface area contributed by atoms with E-state index in [-0.39, 0.29) is 29.7 Å². The minimum Gasteiger partial charge on any atom is -0.497 e. The van der Waals surface area contributed by atoms with Crippen LogP contribution in [0, 0.1) is 0 Å². The minimum atomic E-state index is -3.35. The molecule has 0 saturated heterocycles. The van der Waals surface area contributed by atoms with Crippen molar-refractivity contribution >= 4 is 33.4 Å². The molecule has 0 unspecified atom stereocenters. The van der Waals surface area contributed by atoms with Crippen molar-refractivity contribution in [2.45, 2.75) is 11.3 Å². The molecule has 0 aliphatic rings. The van der Waals surface area contributed by atoms with Gasteiger partial charge in [-0.15, -0.1) is 0 Å². The van der Waals surface area contributed by atoms with E-state index in [1.54, 1.807) is 37.5 Å². The van der Waals surface area contributed by atoms with Crippen molar-refractivity contribution in [1.29, 1.82) is 0 Å². The summed E-state index contributed by atoms with van der Waals surface area (Å²) in [7, 11) is -1.77. The van der Waals surface area contributed by atoms with Crippen LogP contribution < -0.4 is 15.4 Å². The van der Waals surface area contributed by atoms with E-state index in [4.69, 9.17) is 4.74 Å². The normalized spacial score (nSPS) is 11.2. The van der Waals surface area contributed by atoms with Gasteiger partial charge in [0.2, 0.25) is 11.8 Å². The molecule has 0 bridgehead atoms. The number of carbonyl (C=O) groups excluding carboxylic acids is 2. The molecule has 0 fully saturated rings. The molecular formula is C20H22N2O5S. The second-order valence-corrected chi connectivity index (χ2v) is 8.01. The molecule has 0 radical (unpaired) electrons. The van der Waals surface area contributed by atoms with E-state index >= 15 is 0 Å². The van der Waals surface area contributed by atoms with Crippen LogP contribution in [-0.2, 0) is 19.4 Å². The lowest BCUT2D eigenvalue weighted by atomic mass is 10.2. The van der Waals surface area contributed by atoms with E-state index in [0.717, 1.165) is 17.6 Å². The summed E-state index contributed by atoms with van der Waals surface area (Å²) in [6.07, 6.45) is 4.20. The van der Waals surface area contributed by atoms with Crippen LogP contribution >= 0.6 is 0 Å². The number of hydrogen-bond acceptors (Lipinski definition) is 5. The summed E-state index contributed by atoms with van der Waals surface area (Å²) < 4.78 is 28.1. The molecule has 0 heterocycles. The zero-order valence-corrected chi connectivity index (χ0v) is 16.5. The van der Waals surface area contributed by atoms with Gasteiger partial charge in [-0.05, 0) is 42.0 Å². The van der Waals surface area contributed by atoms with Crippen molar-refractivity contribution in [3.8, 4) is 5.75 Å². The third-order valence-corrected chi connectivity index (χ3v) is 4.85. The van der Waals surface area contributed by atoms with Crippen molar-refractivity contribution < 1.29 is 22.7 Å². The molecule has 7 nitrogen and oxygen atoms in total. The summed E-state index contributed by atoms with van der Waals surface area (Å²) in [6.45, 7) is 0.156. The third-order valence-electron chi connectivity index (χ3n) is 3.74. The van der Waals surface area contributed by atoms with Crippen molar-refractivity contribution in [2.24, 2.45) is 0 Å². The fourth-order valence-electron chi connectivity index (χ4n) is 2.27. The maximum absolute atomic E-state index is 12.0. The average Bonchev–Trinajstić information content (AvgIpc) is 2.66. The van der Waals surface area contributed by atoms with Crippen LogP contribution in [0.15, 0.2) is 59.5 Å². The Bertz CT molecular complexity index is 966. The van der Waals surface area contributed by atoms with Crippen LogP contribution in [-0.4, -0.2) is 40.1 Å². The second-order valence-electron chi connectivity index (χ2n) is 6.00. The highest BCUT2D eigenvalue weighted by molar-refractivity contribution is 7.90. The second kappa shape index (κ2) is 9.70. The van der Waals surface area contributed by atoms with Gasteiger partial charge >= 0.3 is 0 Å². The van der Waals surface area contributed by atoms with Gasteiger partial charge in [-0.1, -0.05) is 18.2 Å². The number of benzene rings is 2. The number of amides is 2. The monoisotopic (exact) mass is 402 g/mol. The Balaban J connectivity index is 1.78. The van der Waals surface area contributed by atoms with Crippen molar-refractivity contribution in [3.63, 3.8) is 0 Å². The molecule has 0 saturated carbocycles. The molecule has 2 N–H and O–H groups in total. The zero-order chi connectivity index (χ0) is 20.6. The Morgan fingerprint density at radius 2 is 1.82 bits per heavy atom. The van der Waals surface area contributed by atoms with Gasteiger partial charge in [0.1, 0.15) is 5.75 Å². The van der Waals surface area contributed by atoms with E-state index in [0.29, 0.717) is 5.69 Å². The summed E-state index contributed by atoms with van der Waals surface area (Å²) in [5.74, 6) is 0.0856. The molecule has 2 rings (SSSR count). The summed E-state index contributed by atoms with van der Waals surface area (Å²) >= 11 is 0. The standard InChI is InChI=1S/C20H22N2O5S/c1-27-17-9-6-15(7-10-17)8-11-19(23)21-13-12-20(24)22-16-4-3-5-18(14-16)28(2,25)26/h3-11,14H,12-13H2,1-2H3,(H,21,23)(H,22,24)/b11-8+. The van der Waals surface area contributed by atoms with Gasteiger partial charge in [0, 0.05) is 31.0 Å². The van der Waals surface area contributed by atoms with Gasteiger partial charge in [0.25, 0.3) is 0 Å². The highest BCUT2D eigenvalue weighted by Crippen LogP contribution is 2.15. The van der Waals surface area contributed by atoms with E-state index in [9.17, 15) is 18.0 Å². The Hall–Kier alpha value is -3.13. The molecule has 2 amide bonds. The Labute approximate surface area is 164 Å². The molecule has 0 aromatic heterocycles. The van der Waals surface area contributed by atoms with Crippen LogP contribution in [0.5, 0.6) is 5.75 Å². The Morgan fingerprint density at radius 3 is 2.46 bits per heavy atom. The van der Waals surface area contributed by atoms with Gasteiger partial charge in [-0.25, -0.2) is 8.42 Å². The van der Waals surface area contributed by atoms with Crippen LogP contribution in [0.3, 0.4) is 0 Å². The van der Waals surface area contributed by atoms with E-state index in [1.807, 2.05) is 12.1 Å². The molecule has 148 valence electrons. The number of sulfone groups is 1. The molecule has 0 aliphatic carbocycles. The smallest absolute Gasteiger partial charge is 0.244 e. The summed E-state index contributed by atoms with van der Waals surface area (Å²) in [6, 6.07) is 13.2. The molecular weight excluding hydrogens is 380 g/mol. The number of anilines is 1. The average molecular weight is 402 g/mol. The zero-order valence-electron chi connectivity index (χ0n) is 15.6. The molecule has 0 atom stereocenters. The Morgan fingerprint density at radius 1 is 1.11 bits per heavy atom. The van der Waals surface area contributed by atoms with Crippen molar-refractivity contribution in [1.82, 2.24) is 5.32 Å². The fraction of sp³-hybridized carbons (Fsp3) is 0.200. The highest BCUT2D eigenvalue weighted by atomic mass is 32.2. The Kier molecular flexibility index (Phi) is 7.34. The quantitative estimate of drug-likeness (QED) is 0.660. The van der Waals surface area contributed by atoms with Gasteiger partial charge in [-0.2, -0.15) is 0 Å². The predicted molar refractivity (Wildman–Crippen MR) is 108 cm³/mol. The lowest BCUT2D eigenvalue weighted by Gasteiger charge is -2.07. The first-order valence-corrected chi connectivity index (χ1v) is 10.4. The van der Waals surface area contributed by atoms with Crippen LogP contribution in [0.2, 0.25) is 0 Å². The molecule has 2 aromatic carbocycles. The maximum Gasteiger partial charge on any atom is 0.244 e. The first-order valence-electron chi connectivity index (χ1n) is 8.48. The largest absolute Gasteiger partial charge is 0.497 e. The molecule has 2 aromatic rings. The van der Waals surface area contributed by atoms with Gasteiger partial charge in [0.15, 0.2) is 9.84 Å².